The Balaban J connectivity index is 0.000000144. The van der Waals surface area contributed by atoms with Gasteiger partial charge in [0.05, 0.1) is 0 Å². The summed E-state index contributed by atoms with van der Waals surface area (Å²) in [4.78, 5) is 6.90. The van der Waals surface area contributed by atoms with Gasteiger partial charge in [0, 0.05) is 31.4 Å². The van der Waals surface area contributed by atoms with Crippen LogP contribution in [0.15, 0.2) is 35.5 Å². The Morgan fingerprint density at radius 3 is 2.33 bits per heavy atom. The molecule has 3 nitrogen and oxygen atoms in total. The lowest BCUT2D eigenvalue weighted by Crippen LogP contribution is -2.36. The number of oxime groups is 1. The third-order valence-corrected chi connectivity index (χ3v) is 2.46. The highest BCUT2D eigenvalue weighted by atomic mass is 16.6. The van der Waals surface area contributed by atoms with Crippen LogP contribution in [0.25, 0.3) is 0 Å². The topological polar surface area (TPSA) is 24.8 Å². The summed E-state index contributed by atoms with van der Waals surface area (Å²) in [5, 5.41) is 3.46. The second-order valence-corrected chi connectivity index (χ2v) is 3.59. The highest BCUT2D eigenvalue weighted by Crippen LogP contribution is 2.18. The minimum atomic E-state index is 0.778. The van der Waals surface area contributed by atoms with Gasteiger partial charge in [0.2, 0.25) is 0 Å². The fourth-order valence-corrected chi connectivity index (χ4v) is 1.48. The molecule has 1 aromatic carbocycles. The molecule has 2 heterocycles. The molecule has 0 unspecified atom stereocenters. The smallest absolute Gasteiger partial charge is 0.122 e. The van der Waals surface area contributed by atoms with Gasteiger partial charge in [-0.25, -0.2) is 0 Å². The minimum absolute atomic E-state index is 0.778. The third kappa shape index (κ3) is 2.98. The van der Waals surface area contributed by atoms with E-state index in [-0.39, 0.29) is 0 Å². The molecule has 2 aliphatic rings. The van der Waals surface area contributed by atoms with Crippen molar-refractivity contribution in [2.24, 2.45) is 5.16 Å². The summed E-state index contributed by atoms with van der Waals surface area (Å²) in [6.07, 6.45) is 4.11. The van der Waals surface area contributed by atoms with Gasteiger partial charge in [-0.2, -0.15) is 0 Å². The van der Waals surface area contributed by atoms with Crippen LogP contribution >= 0.6 is 0 Å². The molecule has 1 saturated heterocycles. The van der Waals surface area contributed by atoms with Crippen molar-refractivity contribution in [3.63, 3.8) is 0 Å². The molecular weight excluding hydrogens is 188 g/mol. The van der Waals surface area contributed by atoms with Gasteiger partial charge in [-0.05, 0) is 18.6 Å². The maximum atomic E-state index is 4.51. The summed E-state index contributed by atoms with van der Waals surface area (Å²) in [6, 6.07) is 10.6. The Bertz CT molecular complexity index is 301. The zero-order valence-electron chi connectivity index (χ0n) is 8.80. The second kappa shape index (κ2) is 5.39. The number of hydrogen-bond acceptors (Lipinski definition) is 3. The van der Waals surface area contributed by atoms with Crippen LogP contribution in [0.3, 0.4) is 0 Å². The molecule has 0 N–H and O–H groups in total. The summed E-state index contributed by atoms with van der Waals surface area (Å²) in [5.41, 5.74) is 1.37. The maximum Gasteiger partial charge on any atom is 0.122 e. The minimum Gasteiger partial charge on any atom is -0.396 e. The highest BCUT2D eigenvalue weighted by molar-refractivity contribution is 5.57. The molecule has 0 amide bonds. The molecule has 1 aromatic rings. The van der Waals surface area contributed by atoms with E-state index in [4.69, 9.17) is 0 Å². The number of para-hydroxylation sites is 1. The third-order valence-electron chi connectivity index (χ3n) is 2.46. The van der Waals surface area contributed by atoms with Gasteiger partial charge < -0.3 is 9.74 Å². The first-order valence-corrected chi connectivity index (χ1v) is 5.40. The van der Waals surface area contributed by atoms with Crippen LogP contribution in [0.1, 0.15) is 12.8 Å². The van der Waals surface area contributed by atoms with Crippen molar-refractivity contribution in [2.75, 3.05) is 24.6 Å². The monoisotopic (exact) mass is 204 g/mol. The van der Waals surface area contributed by atoms with Crippen LogP contribution < -0.4 is 4.90 Å². The first-order valence-electron chi connectivity index (χ1n) is 5.40. The summed E-state index contributed by atoms with van der Waals surface area (Å²) in [6.45, 7) is 3.26. The molecule has 0 radical (unpaired) electrons. The zero-order valence-corrected chi connectivity index (χ0v) is 8.80. The van der Waals surface area contributed by atoms with Gasteiger partial charge in [-0.1, -0.05) is 23.4 Å². The lowest BCUT2D eigenvalue weighted by Gasteiger charge is -2.33. The molecule has 80 valence electrons. The van der Waals surface area contributed by atoms with Crippen molar-refractivity contribution in [1.29, 1.82) is 0 Å². The van der Waals surface area contributed by atoms with Gasteiger partial charge in [-0.3, -0.25) is 0 Å². The van der Waals surface area contributed by atoms with E-state index in [1.165, 1.54) is 25.2 Å². The molecule has 0 bridgehead atoms. The van der Waals surface area contributed by atoms with Crippen LogP contribution in [0.5, 0.6) is 0 Å². The van der Waals surface area contributed by atoms with Crippen molar-refractivity contribution in [1.82, 2.24) is 0 Å². The molecule has 0 aromatic heterocycles. The Morgan fingerprint density at radius 1 is 1.13 bits per heavy atom. The predicted molar refractivity (Wildman–Crippen MR) is 62.3 cm³/mol. The summed E-state index contributed by atoms with van der Waals surface area (Å²) in [7, 11) is 0. The normalized spacial score (nSPS) is 17.5. The average molecular weight is 204 g/mol. The molecule has 0 atom stereocenters. The largest absolute Gasteiger partial charge is 0.396 e. The SMILES string of the molecule is C1=NOCC1.c1ccc(N2CCC2)cc1. The standard InChI is InChI=1S/C9H11N.C3H5NO/c1-2-5-9(6-3-1)10-7-4-8-10;1-2-4-5-3-1/h1-3,5-6H,4,7-8H2;2H,1,3H2. The first kappa shape index (κ1) is 10.0. The van der Waals surface area contributed by atoms with E-state index in [9.17, 15) is 0 Å². The molecule has 0 spiro atoms. The summed E-state index contributed by atoms with van der Waals surface area (Å²) >= 11 is 0. The second-order valence-electron chi connectivity index (χ2n) is 3.59. The molecule has 15 heavy (non-hydrogen) atoms. The highest BCUT2D eigenvalue weighted by Gasteiger charge is 2.12. The van der Waals surface area contributed by atoms with Gasteiger partial charge in [0.1, 0.15) is 6.61 Å². The van der Waals surface area contributed by atoms with Gasteiger partial charge in [-0.15, -0.1) is 0 Å². The fourth-order valence-electron chi connectivity index (χ4n) is 1.48. The van der Waals surface area contributed by atoms with Crippen molar-refractivity contribution < 1.29 is 4.84 Å². The molecule has 2 aliphatic heterocycles. The predicted octanol–water partition coefficient (Wildman–Crippen LogP) is 2.29. The van der Waals surface area contributed by atoms with Crippen LogP contribution in [0, 0.1) is 0 Å². The quantitative estimate of drug-likeness (QED) is 0.701. The average Bonchev–Trinajstić information content (AvgIpc) is 2.74. The van der Waals surface area contributed by atoms with Crippen molar-refractivity contribution >= 4 is 11.9 Å². The number of anilines is 1. The zero-order chi connectivity index (χ0) is 10.3. The molecule has 3 heteroatoms. The Morgan fingerprint density at radius 2 is 1.93 bits per heavy atom. The van der Waals surface area contributed by atoms with E-state index in [1.54, 1.807) is 6.21 Å². The van der Waals surface area contributed by atoms with E-state index in [1.807, 2.05) is 0 Å². The molecular formula is C12H16N2O. The summed E-state index contributed by atoms with van der Waals surface area (Å²) < 4.78 is 0. The van der Waals surface area contributed by atoms with E-state index in [0.29, 0.717) is 0 Å². The maximum absolute atomic E-state index is 4.51. The van der Waals surface area contributed by atoms with E-state index in [0.717, 1.165) is 13.0 Å². The summed E-state index contributed by atoms with van der Waals surface area (Å²) in [5.74, 6) is 0. The Labute approximate surface area is 90.3 Å². The van der Waals surface area contributed by atoms with E-state index >= 15 is 0 Å². The molecule has 3 rings (SSSR count). The number of benzene rings is 1. The first-order chi connectivity index (χ1) is 7.47. The van der Waals surface area contributed by atoms with Gasteiger partial charge >= 0.3 is 0 Å². The number of nitrogens with zero attached hydrogens (tertiary/aromatic N) is 2. The van der Waals surface area contributed by atoms with E-state index in [2.05, 4.69) is 45.2 Å². The molecule has 0 saturated carbocycles. The number of hydrogen-bond donors (Lipinski definition) is 0. The number of rotatable bonds is 1. The van der Waals surface area contributed by atoms with Crippen LogP contribution in [-0.2, 0) is 4.84 Å². The fraction of sp³-hybridized carbons (Fsp3) is 0.417. The van der Waals surface area contributed by atoms with Gasteiger partial charge in [0.15, 0.2) is 0 Å². The molecule has 0 aliphatic carbocycles. The van der Waals surface area contributed by atoms with Crippen molar-refractivity contribution in [3.8, 4) is 0 Å². The molecule has 1 fully saturated rings. The van der Waals surface area contributed by atoms with Crippen LogP contribution in [0.2, 0.25) is 0 Å². The lowest BCUT2D eigenvalue weighted by molar-refractivity contribution is 0.174. The van der Waals surface area contributed by atoms with Crippen LogP contribution in [0.4, 0.5) is 5.69 Å². The Kier molecular flexibility index (Phi) is 3.60. The van der Waals surface area contributed by atoms with Crippen LogP contribution in [-0.4, -0.2) is 25.9 Å². The van der Waals surface area contributed by atoms with Crippen molar-refractivity contribution in [2.45, 2.75) is 12.8 Å². The lowest BCUT2D eigenvalue weighted by atomic mass is 10.2. The van der Waals surface area contributed by atoms with Crippen molar-refractivity contribution in [3.05, 3.63) is 30.3 Å². The van der Waals surface area contributed by atoms with Gasteiger partial charge in [0.25, 0.3) is 0 Å². The van der Waals surface area contributed by atoms with E-state index < -0.39 is 0 Å². The Hall–Kier alpha value is -1.51.